The summed E-state index contributed by atoms with van der Waals surface area (Å²) in [4.78, 5) is 4.38. The minimum absolute atomic E-state index is 0.0471. The molecule has 1 aromatic heterocycles. The summed E-state index contributed by atoms with van der Waals surface area (Å²) < 4.78 is 2.15. The molecule has 1 unspecified atom stereocenters. The lowest BCUT2D eigenvalue weighted by atomic mass is 9.93. The average Bonchev–Trinajstić information content (AvgIpc) is 2.93. The first-order valence-electron chi connectivity index (χ1n) is 7.11. The fourth-order valence-electron chi connectivity index (χ4n) is 2.28. The molecule has 2 N–H and O–H groups in total. The third kappa shape index (κ3) is 3.26. The van der Waals surface area contributed by atoms with E-state index in [9.17, 15) is 5.11 Å². The maximum atomic E-state index is 9.75. The summed E-state index contributed by atoms with van der Waals surface area (Å²) in [5, 5.41) is 13.2. The number of hydrogen-bond donors (Lipinski definition) is 2. The molecule has 0 saturated carbocycles. The third-order valence-electron chi connectivity index (χ3n) is 3.63. The van der Waals surface area contributed by atoms with Gasteiger partial charge in [0.2, 0.25) is 0 Å². The summed E-state index contributed by atoms with van der Waals surface area (Å²) in [5.41, 5.74) is 0.626. The van der Waals surface area contributed by atoms with Crippen LogP contribution in [-0.2, 0) is 18.6 Å². The highest BCUT2D eigenvalue weighted by Gasteiger charge is 2.25. The van der Waals surface area contributed by atoms with Gasteiger partial charge in [0, 0.05) is 18.9 Å². The highest BCUT2D eigenvalue weighted by atomic mass is 16.3. The van der Waals surface area contributed by atoms with E-state index >= 15 is 0 Å². The van der Waals surface area contributed by atoms with E-state index in [-0.39, 0.29) is 6.61 Å². The molecule has 0 radical (unpaired) electrons. The van der Waals surface area contributed by atoms with Crippen LogP contribution < -0.4 is 5.32 Å². The van der Waals surface area contributed by atoms with E-state index in [0.29, 0.717) is 6.54 Å². The maximum Gasteiger partial charge on any atom is 0.122 e. The molecule has 2 aromatic rings. The van der Waals surface area contributed by atoms with E-state index in [1.165, 1.54) is 0 Å². The third-order valence-corrected chi connectivity index (χ3v) is 3.63. The highest BCUT2D eigenvalue weighted by Crippen LogP contribution is 2.20. The van der Waals surface area contributed by atoms with E-state index in [1.807, 2.05) is 49.6 Å². The van der Waals surface area contributed by atoms with Crippen LogP contribution in [0, 0.1) is 0 Å². The normalized spacial score (nSPS) is 14.2. The van der Waals surface area contributed by atoms with Crippen molar-refractivity contribution < 1.29 is 5.11 Å². The molecule has 1 heterocycles. The number of nitrogens with one attached hydrogen (secondary N) is 1. The number of aromatic nitrogens is 2. The average molecular weight is 273 g/mol. The molecule has 0 bridgehead atoms. The Kier molecular flexibility index (Phi) is 4.93. The topological polar surface area (TPSA) is 50.1 Å². The molecule has 0 aliphatic rings. The van der Waals surface area contributed by atoms with Crippen molar-refractivity contribution in [3.8, 4) is 0 Å². The van der Waals surface area contributed by atoms with Gasteiger partial charge in [-0.05, 0) is 18.9 Å². The summed E-state index contributed by atoms with van der Waals surface area (Å²) in [7, 11) is 0. The van der Waals surface area contributed by atoms with Gasteiger partial charge in [-0.15, -0.1) is 0 Å². The highest BCUT2D eigenvalue weighted by molar-refractivity contribution is 5.23. The van der Waals surface area contributed by atoms with Crippen LogP contribution in [0.3, 0.4) is 0 Å². The molecular weight excluding hydrogens is 250 g/mol. The Balaban J connectivity index is 2.09. The van der Waals surface area contributed by atoms with E-state index in [2.05, 4.69) is 21.8 Å². The number of benzene rings is 1. The lowest BCUT2D eigenvalue weighted by molar-refractivity contribution is 0.172. The molecule has 1 aromatic carbocycles. The largest absolute Gasteiger partial charge is 0.394 e. The molecule has 0 amide bonds. The van der Waals surface area contributed by atoms with Crippen LogP contribution in [0.15, 0.2) is 42.7 Å². The number of nitrogens with zero attached hydrogens (tertiary/aromatic N) is 2. The number of imidazole rings is 1. The number of hydrogen-bond acceptors (Lipinski definition) is 3. The molecule has 0 aliphatic carbocycles. The Morgan fingerprint density at radius 1 is 1.30 bits per heavy atom. The molecule has 4 heteroatoms. The molecule has 108 valence electrons. The number of aliphatic hydroxyl groups excluding tert-OH is 1. The molecule has 0 spiro atoms. The van der Waals surface area contributed by atoms with E-state index < -0.39 is 5.54 Å². The summed E-state index contributed by atoms with van der Waals surface area (Å²) >= 11 is 0. The lowest BCUT2D eigenvalue weighted by Gasteiger charge is -2.29. The summed E-state index contributed by atoms with van der Waals surface area (Å²) in [5.74, 6) is 1.00. The quantitative estimate of drug-likeness (QED) is 0.814. The van der Waals surface area contributed by atoms with Crippen molar-refractivity contribution in [3.05, 3.63) is 54.1 Å². The van der Waals surface area contributed by atoms with Gasteiger partial charge in [-0.2, -0.15) is 0 Å². The van der Waals surface area contributed by atoms with E-state index in [0.717, 1.165) is 24.4 Å². The number of aliphatic hydroxyl groups is 1. The second kappa shape index (κ2) is 6.68. The predicted octanol–water partition coefficient (Wildman–Crippen LogP) is 2.29. The fraction of sp³-hybridized carbons (Fsp3) is 0.438. The minimum atomic E-state index is -0.454. The fourth-order valence-corrected chi connectivity index (χ4v) is 2.28. The summed E-state index contributed by atoms with van der Waals surface area (Å²) in [6, 6.07) is 10.0. The molecule has 4 nitrogen and oxygen atoms in total. The SMILES string of the molecule is CCCn1ccnc1CNC(C)(CO)c1ccccc1. The number of rotatable bonds is 7. The Labute approximate surface area is 120 Å². The van der Waals surface area contributed by atoms with Crippen molar-refractivity contribution in [3.63, 3.8) is 0 Å². The molecule has 0 saturated heterocycles. The van der Waals surface area contributed by atoms with Crippen molar-refractivity contribution in [1.29, 1.82) is 0 Å². The Morgan fingerprint density at radius 2 is 2.05 bits per heavy atom. The first-order valence-corrected chi connectivity index (χ1v) is 7.11. The van der Waals surface area contributed by atoms with E-state index in [4.69, 9.17) is 0 Å². The lowest BCUT2D eigenvalue weighted by Crippen LogP contribution is -2.42. The Morgan fingerprint density at radius 3 is 2.70 bits per heavy atom. The Bertz CT molecular complexity index is 524. The van der Waals surface area contributed by atoms with Crippen molar-refractivity contribution >= 4 is 0 Å². The van der Waals surface area contributed by atoms with Crippen molar-refractivity contribution in [2.24, 2.45) is 0 Å². The monoisotopic (exact) mass is 273 g/mol. The van der Waals surface area contributed by atoms with Crippen molar-refractivity contribution in [2.45, 2.75) is 38.9 Å². The van der Waals surface area contributed by atoms with Gasteiger partial charge in [0.15, 0.2) is 0 Å². The standard InChI is InChI=1S/C16H23N3O/c1-3-10-19-11-9-17-15(19)12-18-16(2,13-20)14-7-5-4-6-8-14/h4-9,11,18,20H,3,10,12-13H2,1-2H3. The minimum Gasteiger partial charge on any atom is -0.394 e. The van der Waals surface area contributed by atoms with Gasteiger partial charge in [-0.3, -0.25) is 5.32 Å². The second-order valence-corrected chi connectivity index (χ2v) is 5.25. The Hall–Kier alpha value is -1.65. The van der Waals surface area contributed by atoms with Crippen LogP contribution in [-0.4, -0.2) is 21.3 Å². The maximum absolute atomic E-state index is 9.75. The molecular formula is C16H23N3O. The molecule has 2 rings (SSSR count). The van der Waals surface area contributed by atoms with Crippen LogP contribution in [0.2, 0.25) is 0 Å². The van der Waals surface area contributed by atoms with E-state index in [1.54, 1.807) is 0 Å². The van der Waals surface area contributed by atoms with Gasteiger partial charge in [-0.1, -0.05) is 37.3 Å². The van der Waals surface area contributed by atoms with Gasteiger partial charge in [-0.25, -0.2) is 4.98 Å². The zero-order valence-corrected chi connectivity index (χ0v) is 12.2. The van der Waals surface area contributed by atoms with Crippen LogP contribution in [0.5, 0.6) is 0 Å². The van der Waals surface area contributed by atoms with Gasteiger partial charge < -0.3 is 9.67 Å². The molecule has 0 aliphatic heterocycles. The first kappa shape index (κ1) is 14.8. The van der Waals surface area contributed by atoms with Gasteiger partial charge >= 0.3 is 0 Å². The smallest absolute Gasteiger partial charge is 0.122 e. The zero-order valence-electron chi connectivity index (χ0n) is 12.2. The van der Waals surface area contributed by atoms with Crippen LogP contribution in [0.4, 0.5) is 0 Å². The molecule has 20 heavy (non-hydrogen) atoms. The molecule has 1 atom stereocenters. The molecule has 0 fully saturated rings. The van der Waals surface area contributed by atoms with Gasteiger partial charge in [0.1, 0.15) is 5.82 Å². The van der Waals surface area contributed by atoms with Crippen LogP contribution in [0.1, 0.15) is 31.7 Å². The summed E-state index contributed by atoms with van der Waals surface area (Å²) in [6.45, 7) is 5.82. The number of aryl methyl sites for hydroxylation is 1. The summed E-state index contributed by atoms with van der Waals surface area (Å²) in [6.07, 6.45) is 4.91. The predicted molar refractivity (Wildman–Crippen MR) is 80.2 cm³/mol. The zero-order chi connectivity index (χ0) is 14.4. The van der Waals surface area contributed by atoms with Crippen LogP contribution >= 0.6 is 0 Å². The first-order chi connectivity index (χ1) is 9.69. The van der Waals surface area contributed by atoms with Crippen LogP contribution in [0.25, 0.3) is 0 Å². The van der Waals surface area contributed by atoms with Gasteiger partial charge in [0.25, 0.3) is 0 Å². The van der Waals surface area contributed by atoms with Gasteiger partial charge in [0.05, 0.1) is 18.7 Å². The second-order valence-electron chi connectivity index (χ2n) is 5.25. The van der Waals surface area contributed by atoms with Crippen molar-refractivity contribution in [2.75, 3.05) is 6.61 Å². The van der Waals surface area contributed by atoms with Crippen molar-refractivity contribution in [1.82, 2.24) is 14.9 Å².